The first kappa shape index (κ1) is 13.4. The molecule has 3 nitrogen and oxygen atoms in total. The molecule has 0 spiro atoms. The molecule has 1 N–H and O–H groups in total. The zero-order valence-electron chi connectivity index (χ0n) is 11.6. The molecule has 0 radical (unpaired) electrons. The van der Waals surface area contributed by atoms with Crippen molar-refractivity contribution in [2.24, 2.45) is 0 Å². The molecule has 0 aliphatic heterocycles. The fraction of sp³-hybridized carbons (Fsp3) is 0.312. The maximum atomic E-state index is 11.9. The quantitative estimate of drug-likeness (QED) is 0.853. The molecule has 0 saturated carbocycles. The summed E-state index contributed by atoms with van der Waals surface area (Å²) < 4.78 is 5.11. The third-order valence-corrected chi connectivity index (χ3v) is 3.15. The Balaban J connectivity index is 2.25. The molecule has 1 heterocycles. The van der Waals surface area contributed by atoms with Crippen LogP contribution in [-0.4, -0.2) is 17.6 Å². The van der Waals surface area contributed by atoms with Gasteiger partial charge in [-0.1, -0.05) is 29.8 Å². The second kappa shape index (κ2) is 5.74. The van der Waals surface area contributed by atoms with E-state index in [-0.39, 0.29) is 5.97 Å². The predicted octanol–water partition coefficient (Wildman–Crippen LogP) is 3.40. The maximum Gasteiger partial charge on any atom is 0.340 e. The van der Waals surface area contributed by atoms with Crippen LogP contribution in [0.25, 0.3) is 0 Å². The zero-order valence-corrected chi connectivity index (χ0v) is 11.6. The van der Waals surface area contributed by atoms with Crippen LogP contribution >= 0.6 is 0 Å². The van der Waals surface area contributed by atoms with Gasteiger partial charge in [0.05, 0.1) is 12.2 Å². The van der Waals surface area contributed by atoms with Gasteiger partial charge in [0, 0.05) is 11.9 Å². The fourth-order valence-corrected chi connectivity index (χ4v) is 2.13. The number of hydrogen-bond donors (Lipinski definition) is 1. The highest BCUT2D eigenvalue weighted by Gasteiger charge is 2.17. The van der Waals surface area contributed by atoms with Gasteiger partial charge in [0.2, 0.25) is 0 Å². The third kappa shape index (κ3) is 3.05. The zero-order chi connectivity index (χ0) is 13.8. The van der Waals surface area contributed by atoms with E-state index in [2.05, 4.69) is 36.2 Å². The van der Waals surface area contributed by atoms with Gasteiger partial charge in [-0.2, -0.15) is 0 Å². The van der Waals surface area contributed by atoms with E-state index < -0.39 is 0 Å². The lowest BCUT2D eigenvalue weighted by Gasteiger charge is -2.06. The number of aryl methyl sites for hydroxylation is 2. The summed E-state index contributed by atoms with van der Waals surface area (Å²) in [6, 6.07) is 8.34. The van der Waals surface area contributed by atoms with Crippen molar-refractivity contribution >= 4 is 5.97 Å². The van der Waals surface area contributed by atoms with Crippen molar-refractivity contribution in [2.75, 3.05) is 6.61 Å². The van der Waals surface area contributed by atoms with Crippen LogP contribution in [0.15, 0.2) is 30.5 Å². The highest BCUT2D eigenvalue weighted by molar-refractivity contribution is 5.92. The van der Waals surface area contributed by atoms with Crippen LogP contribution in [0.5, 0.6) is 0 Å². The number of rotatable bonds is 4. The minimum Gasteiger partial charge on any atom is -0.462 e. The highest BCUT2D eigenvalue weighted by Crippen LogP contribution is 2.19. The molecule has 0 saturated heterocycles. The highest BCUT2D eigenvalue weighted by atomic mass is 16.5. The topological polar surface area (TPSA) is 42.1 Å². The van der Waals surface area contributed by atoms with Crippen LogP contribution in [0.2, 0.25) is 0 Å². The molecule has 0 atom stereocenters. The van der Waals surface area contributed by atoms with Gasteiger partial charge in [-0.15, -0.1) is 0 Å². The van der Waals surface area contributed by atoms with Gasteiger partial charge >= 0.3 is 5.97 Å². The van der Waals surface area contributed by atoms with Crippen LogP contribution in [0.3, 0.4) is 0 Å². The number of aromatic amines is 1. The number of ether oxygens (including phenoxy) is 1. The van der Waals surface area contributed by atoms with E-state index in [0.29, 0.717) is 12.2 Å². The minimum atomic E-state index is -0.247. The molecule has 100 valence electrons. The van der Waals surface area contributed by atoms with Gasteiger partial charge in [0.25, 0.3) is 0 Å². The van der Waals surface area contributed by atoms with Crippen molar-refractivity contribution in [3.8, 4) is 0 Å². The Morgan fingerprint density at radius 3 is 2.53 bits per heavy atom. The lowest BCUT2D eigenvalue weighted by Crippen LogP contribution is -2.08. The van der Waals surface area contributed by atoms with Crippen LogP contribution in [-0.2, 0) is 11.2 Å². The summed E-state index contributed by atoms with van der Waals surface area (Å²) >= 11 is 0. The molecule has 0 fully saturated rings. The van der Waals surface area contributed by atoms with Gasteiger partial charge < -0.3 is 9.72 Å². The molecule has 1 aromatic heterocycles. The van der Waals surface area contributed by atoms with Gasteiger partial charge in [0.15, 0.2) is 0 Å². The Morgan fingerprint density at radius 1 is 1.21 bits per heavy atom. The molecule has 3 heteroatoms. The summed E-state index contributed by atoms with van der Waals surface area (Å²) in [5.74, 6) is -0.247. The van der Waals surface area contributed by atoms with Gasteiger partial charge in [-0.05, 0) is 38.3 Å². The smallest absolute Gasteiger partial charge is 0.340 e. The Kier molecular flexibility index (Phi) is 4.05. The molecule has 0 aliphatic carbocycles. The SMILES string of the molecule is CCOC(=O)c1c(Cc2ccc(C)cc2)c[nH]c1C. The van der Waals surface area contributed by atoms with Crippen molar-refractivity contribution in [2.45, 2.75) is 27.2 Å². The van der Waals surface area contributed by atoms with Crippen molar-refractivity contribution in [1.29, 1.82) is 0 Å². The number of aromatic nitrogens is 1. The van der Waals surface area contributed by atoms with E-state index in [9.17, 15) is 4.79 Å². The summed E-state index contributed by atoms with van der Waals surface area (Å²) in [4.78, 5) is 15.1. The average Bonchev–Trinajstić information content (AvgIpc) is 2.74. The molecule has 19 heavy (non-hydrogen) atoms. The molecule has 1 aromatic carbocycles. The van der Waals surface area contributed by atoms with E-state index in [1.807, 2.05) is 20.0 Å². The first-order valence-electron chi connectivity index (χ1n) is 6.51. The standard InChI is InChI=1S/C16H19NO2/c1-4-19-16(18)15-12(3)17-10-14(15)9-13-7-5-11(2)6-8-13/h5-8,10,17H,4,9H2,1-3H3. The normalized spacial score (nSPS) is 10.5. The van der Waals surface area contributed by atoms with E-state index >= 15 is 0 Å². The molecule has 0 unspecified atom stereocenters. The molecule has 2 rings (SSSR count). The summed E-state index contributed by atoms with van der Waals surface area (Å²) in [7, 11) is 0. The van der Waals surface area contributed by atoms with Gasteiger partial charge in [0.1, 0.15) is 0 Å². The second-order valence-corrected chi connectivity index (χ2v) is 4.70. The first-order chi connectivity index (χ1) is 9.11. The van der Waals surface area contributed by atoms with Crippen LogP contribution < -0.4 is 0 Å². The Morgan fingerprint density at radius 2 is 1.89 bits per heavy atom. The lowest BCUT2D eigenvalue weighted by molar-refractivity contribution is 0.0524. The number of carbonyl (C=O) groups is 1. The van der Waals surface area contributed by atoms with E-state index in [0.717, 1.165) is 17.7 Å². The van der Waals surface area contributed by atoms with Gasteiger partial charge in [-0.25, -0.2) is 4.79 Å². The van der Waals surface area contributed by atoms with E-state index in [4.69, 9.17) is 4.74 Å². The van der Waals surface area contributed by atoms with Crippen molar-refractivity contribution in [1.82, 2.24) is 4.98 Å². The maximum absolute atomic E-state index is 11.9. The number of benzene rings is 1. The molecule has 2 aromatic rings. The van der Waals surface area contributed by atoms with Crippen molar-refractivity contribution in [3.05, 3.63) is 58.4 Å². The summed E-state index contributed by atoms with van der Waals surface area (Å²) in [5.41, 5.74) is 4.94. The summed E-state index contributed by atoms with van der Waals surface area (Å²) in [6.45, 7) is 6.17. The Hall–Kier alpha value is -2.03. The number of carbonyl (C=O) groups excluding carboxylic acids is 1. The average molecular weight is 257 g/mol. The van der Waals surface area contributed by atoms with Crippen LogP contribution in [0.1, 0.15) is 39.7 Å². The summed E-state index contributed by atoms with van der Waals surface area (Å²) in [5, 5.41) is 0. The number of esters is 1. The monoisotopic (exact) mass is 257 g/mol. The lowest BCUT2D eigenvalue weighted by atomic mass is 10.0. The molecule has 0 amide bonds. The van der Waals surface area contributed by atoms with E-state index in [1.165, 1.54) is 11.1 Å². The van der Waals surface area contributed by atoms with Crippen molar-refractivity contribution < 1.29 is 9.53 Å². The largest absolute Gasteiger partial charge is 0.462 e. The number of nitrogens with one attached hydrogen (secondary N) is 1. The molecule has 0 aliphatic rings. The van der Waals surface area contributed by atoms with Crippen LogP contribution in [0, 0.1) is 13.8 Å². The van der Waals surface area contributed by atoms with Crippen molar-refractivity contribution in [3.63, 3.8) is 0 Å². The predicted molar refractivity (Wildman–Crippen MR) is 75.5 cm³/mol. The molecular weight excluding hydrogens is 238 g/mol. The Labute approximate surface area is 113 Å². The molecular formula is C16H19NO2. The number of hydrogen-bond acceptors (Lipinski definition) is 2. The first-order valence-corrected chi connectivity index (χ1v) is 6.51. The fourth-order valence-electron chi connectivity index (χ4n) is 2.13. The molecule has 0 bridgehead atoms. The minimum absolute atomic E-state index is 0.247. The summed E-state index contributed by atoms with van der Waals surface area (Å²) in [6.07, 6.45) is 2.63. The Bertz CT molecular complexity index is 567. The van der Waals surface area contributed by atoms with Gasteiger partial charge in [-0.3, -0.25) is 0 Å². The second-order valence-electron chi connectivity index (χ2n) is 4.70. The third-order valence-electron chi connectivity index (χ3n) is 3.15. The van der Waals surface area contributed by atoms with E-state index in [1.54, 1.807) is 0 Å². The number of H-pyrrole nitrogens is 1. The van der Waals surface area contributed by atoms with Crippen LogP contribution in [0.4, 0.5) is 0 Å².